The summed E-state index contributed by atoms with van der Waals surface area (Å²) in [5.41, 5.74) is 5.48. The number of amidine groups is 1. The predicted molar refractivity (Wildman–Crippen MR) is 136 cm³/mol. The van der Waals surface area contributed by atoms with Crippen LogP contribution >= 0.6 is 0 Å². The number of carbonyl (C=O) groups excluding carboxylic acids is 2. The predicted octanol–water partition coefficient (Wildman–Crippen LogP) is 2.38. The molecule has 0 aliphatic heterocycles. The average Bonchev–Trinajstić information content (AvgIpc) is 2.77. The molecule has 0 radical (unpaired) electrons. The Balaban J connectivity index is 2.25. The van der Waals surface area contributed by atoms with Gasteiger partial charge in [0, 0.05) is 11.3 Å². The fraction of sp³-hybridized carbons (Fsp3) is 0.0870. The van der Waals surface area contributed by atoms with Crippen LogP contribution in [0.2, 0.25) is 0 Å². The second-order valence-corrected chi connectivity index (χ2v) is 11.0. The fourth-order valence-corrected chi connectivity index (χ4v) is 4.23. The molecule has 36 heavy (non-hydrogen) atoms. The first kappa shape index (κ1) is 26.4. The first-order valence-electron chi connectivity index (χ1n) is 10.1. The van der Waals surface area contributed by atoms with E-state index in [1.807, 2.05) is 0 Å². The highest BCUT2D eigenvalue weighted by Crippen LogP contribution is 2.33. The van der Waals surface area contributed by atoms with Crippen LogP contribution < -0.4 is 15.8 Å². The van der Waals surface area contributed by atoms with Crippen LogP contribution in [0.15, 0.2) is 66.7 Å². The molecule has 0 aliphatic carbocycles. The standard InChI is InChI=1S/C23H22N4O7S2/c1-35(30,31)27-18-13-12-17(14-6-4-3-5-7-14)19(23(29)34-36(2,32)33)20(18)22(28)26-16-10-8-15(9-11-16)21(24)25/h3-13,27H,1-2H3,(H3,24,25)(H,26,28). The fourth-order valence-electron chi connectivity index (χ4n) is 3.30. The van der Waals surface area contributed by atoms with Gasteiger partial charge < -0.3 is 15.2 Å². The van der Waals surface area contributed by atoms with Crippen LogP contribution in [-0.2, 0) is 24.3 Å². The maximum atomic E-state index is 13.4. The third-order valence-electron chi connectivity index (χ3n) is 4.70. The third-order valence-corrected chi connectivity index (χ3v) is 5.74. The number of carbonyl (C=O) groups is 2. The lowest BCUT2D eigenvalue weighted by molar-refractivity contribution is 0.0744. The minimum Gasteiger partial charge on any atom is -0.384 e. The number of benzene rings is 3. The second-order valence-electron chi connectivity index (χ2n) is 7.67. The Labute approximate surface area is 208 Å². The maximum Gasteiger partial charge on any atom is 0.355 e. The quantitative estimate of drug-likeness (QED) is 0.194. The van der Waals surface area contributed by atoms with Gasteiger partial charge in [-0.25, -0.2) is 13.2 Å². The first-order chi connectivity index (χ1) is 16.7. The molecule has 0 fully saturated rings. The normalized spacial score (nSPS) is 11.4. The van der Waals surface area contributed by atoms with E-state index < -0.39 is 43.1 Å². The van der Waals surface area contributed by atoms with Crippen molar-refractivity contribution in [2.75, 3.05) is 22.6 Å². The summed E-state index contributed by atoms with van der Waals surface area (Å²) >= 11 is 0. The van der Waals surface area contributed by atoms with Crippen molar-refractivity contribution < 1.29 is 30.6 Å². The van der Waals surface area contributed by atoms with E-state index >= 15 is 0 Å². The Morgan fingerprint density at radius 1 is 0.861 bits per heavy atom. The van der Waals surface area contributed by atoms with E-state index in [1.165, 1.54) is 36.4 Å². The summed E-state index contributed by atoms with van der Waals surface area (Å²) < 4.78 is 54.3. The minimum absolute atomic E-state index is 0.139. The van der Waals surface area contributed by atoms with Crippen molar-refractivity contribution in [3.8, 4) is 11.1 Å². The van der Waals surface area contributed by atoms with Gasteiger partial charge in [0.15, 0.2) is 0 Å². The van der Waals surface area contributed by atoms with Crippen LogP contribution in [0.4, 0.5) is 11.4 Å². The molecule has 0 heterocycles. The van der Waals surface area contributed by atoms with Crippen LogP contribution in [0.25, 0.3) is 11.1 Å². The summed E-state index contributed by atoms with van der Waals surface area (Å²) in [6.45, 7) is 0. The Morgan fingerprint density at radius 2 is 1.47 bits per heavy atom. The zero-order valence-corrected chi connectivity index (χ0v) is 20.7. The zero-order chi connectivity index (χ0) is 26.7. The number of nitrogens with two attached hydrogens (primary N) is 1. The lowest BCUT2D eigenvalue weighted by Gasteiger charge is -2.18. The molecule has 0 atom stereocenters. The van der Waals surface area contributed by atoms with Crippen molar-refractivity contribution in [2.24, 2.45) is 5.73 Å². The molecule has 3 aromatic rings. The van der Waals surface area contributed by atoms with Crippen molar-refractivity contribution in [2.45, 2.75) is 0 Å². The van der Waals surface area contributed by atoms with E-state index in [9.17, 15) is 26.4 Å². The highest BCUT2D eigenvalue weighted by atomic mass is 32.2. The molecule has 13 heteroatoms. The average molecular weight is 531 g/mol. The van der Waals surface area contributed by atoms with Gasteiger partial charge in [0.25, 0.3) is 5.91 Å². The van der Waals surface area contributed by atoms with Crippen molar-refractivity contribution >= 4 is 49.2 Å². The van der Waals surface area contributed by atoms with Crippen molar-refractivity contribution in [1.82, 2.24) is 0 Å². The lowest BCUT2D eigenvalue weighted by Crippen LogP contribution is -2.23. The van der Waals surface area contributed by atoms with E-state index in [2.05, 4.69) is 14.2 Å². The van der Waals surface area contributed by atoms with Gasteiger partial charge in [-0.15, -0.1) is 0 Å². The van der Waals surface area contributed by atoms with Gasteiger partial charge in [0.2, 0.25) is 10.0 Å². The van der Waals surface area contributed by atoms with Gasteiger partial charge in [0.05, 0.1) is 29.3 Å². The van der Waals surface area contributed by atoms with Gasteiger partial charge in [-0.1, -0.05) is 36.4 Å². The molecule has 5 N–H and O–H groups in total. The number of nitrogens with one attached hydrogen (secondary N) is 3. The van der Waals surface area contributed by atoms with Gasteiger partial charge in [0.1, 0.15) is 5.84 Å². The van der Waals surface area contributed by atoms with Crippen LogP contribution in [0.1, 0.15) is 26.3 Å². The lowest BCUT2D eigenvalue weighted by atomic mass is 9.93. The van der Waals surface area contributed by atoms with Crippen LogP contribution in [0.5, 0.6) is 0 Å². The maximum absolute atomic E-state index is 13.4. The van der Waals surface area contributed by atoms with Gasteiger partial charge in [-0.3, -0.25) is 14.9 Å². The molecule has 1 amide bonds. The van der Waals surface area contributed by atoms with E-state index in [-0.39, 0.29) is 22.8 Å². The number of sulfonamides is 1. The van der Waals surface area contributed by atoms with Gasteiger partial charge in [-0.05, 0) is 41.5 Å². The van der Waals surface area contributed by atoms with Crippen LogP contribution in [0.3, 0.4) is 0 Å². The largest absolute Gasteiger partial charge is 0.384 e. The minimum atomic E-state index is -4.28. The molecule has 0 saturated carbocycles. The van der Waals surface area contributed by atoms with E-state index in [4.69, 9.17) is 11.1 Å². The summed E-state index contributed by atoms with van der Waals surface area (Å²) in [5.74, 6) is -2.48. The Bertz CT molecular complexity index is 1550. The van der Waals surface area contributed by atoms with Gasteiger partial charge >= 0.3 is 16.1 Å². The van der Waals surface area contributed by atoms with E-state index in [0.717, 1.165) is 6.26 Å². The Morgan fingerprint density at radius 3 is 2.00 bits per heavy atom. The highest BCUT2D eigenvalue weighted by Gasteiger charge is 2.29. The molecule has 3 rings (SSSR count). The molecule has 0 aliphatic rings. The molecule has 0 unspecified atom stereocenters. The molecule has 3 aromatic carbocycles. The molecule has 0 aromatic heterocycles. The van der Waals surface area contributed by atoms with Crippen molar-refractivity contribution in [1.29, 1.82) is 5.41 Å². The summed E-state index contributed by atoms with van der Waals surface area (Å²) in [6.07, 6.45) is 1.52. The number of nitrogen functional groups attached to an aromatic ring is 1. The second kappa shape index (κ2) is 10.2. The van der Waals surface area contributed by atoms with Crippen LogP contribution in [0, 0.1) is 5.41 Å². The third kappa shape index (κ3) is 6.67. The van der Waals surface area contributed by atoms with Gasteiger partial charge in [-0.2, -0.15) is 8.42 Å². The summed E-state index contributed by atoms with van der Waals surface area (Å²) in [7, 11) is -8.20. The number of rotatable bonds is 8. The molecular formula is C23H22N4O7S2. The summed E-state index contributed by atoms with van der Waals surface area (Å²) in [5, 5.41) is 10.0. The van der Waals surface area contributed by atoms with E-state index in [1.54, 1.807) is 30.3 Å². The summed E-state index contributed by atoms with van der Waals surface area (Å²) in [6, 6.07) is 16.8. The molecule has 0 spiro atoms. The topological polar surface area (TPSA) is 186 Å². The molecule has 188 valence electrons. The van der Waals surface area contributed by atoms with E-state index in [0.29, 0.717) is 17.4 Å². The number of anilines is 2. The first-order valence-corrected chi connectivity index (χ1v) is 13.9. The molecule has 0 saturated heterocycles. The Hall–Kier alpha value is -4.23. The van der Waals surface area contributed by atoms with Crippen molar-refractivity contribution in [3.05, 3.63) is 83.4 Å². The number of hydrogen-bond acceptors (Lipinski definition) is 8. The SMILES string of the molecule is CS(=O)(=O)Nc1ccc(-c2ccccc2)c(C(=O)OS(C)(=O)=O)c1C(=O)Nc1ccc(C(=N)N)cc1. The molecule has 11 nitrogen and oxygen atoms in total. The van der Waals surface area contributed by atoms with Crippen molar-refractivity contribution in [3.63, 3.8) is 0 Å². The zero-order valence-electron chi connectivity index (χ0n) is 19.1. The smallest absolute Gasteiger partial charge is 0.355 e. The van der Waals surface area contributed by atoms with Crippen LogP contribution in [-0.4, -0.2) is 47.1 Å². The number of amides is 1. The highest BCUT2D eigenvalue weighted by molar-refractivity contribution is 7.92. The number of hydrogen-bond donors (Lipinski definition) is 4. The monoisotopic (exact) mass is 530 g/mol. The Kier molecular flexibility index (Phi) is 7.45. The molecule has 0 bridgehead atoms. The summed E-state index contributed by atoms with van der Waals surface area (Å²) in [4.78, 5) is 26.5. The molecular weight excluding hydrogens is 508 g/mol.